The number of aryl methyl sites for hydroxylation is 2. The average molecular weight is 286 g/mol. The van der Waals surface area contributed by atoms with Gasteiger partial charge in [-0.15, -0.1) is 0 Å². The topological polar surface area (TPSA) is 76.9 Å². The minimum atomic E-state index is 0.169. The molecule has 0 bridgehead atoms. The Morgan fingerprint density at radius 2 is 2.00 bits per heavy atom. The lowest BCUT2D eigenvalue weighted by Gasteiger charge is -2.08. The fourth-order valence-electron chi connectivity index (χ4n) is 2.16. The van der Waals surface area contributed by atoms with Crippen molar-refractivity contribution in [1.29, 1.82) is 5.41 Å². The van der Waals surface area contributed by atoms with Crippen molar-refractivity contribution in [3.8, 4) is 5.75 Å². The highest BCUT2D eigenvalue weighted by molar-refractivity contribution is 5.79. The van der Waals surface area contributed by atoms with E-state index >= 15 is 0 Å². The van der Waals surface area contributed by atoms with E-state index in [1.807, 2.05) is 28.9 Å². The summed E-state index contributed by atoms with van der Waals surface area (Å²) in [4.78, 5) is 0. The maximum Gasteiger partial charge on any atom is 0.130 e. The van der Waals surface area contributed by atoms with Gasteiger partial charge in [-0.1, -0.05) is 19.1 Å². The zero-order valence-electron chi connectivity index (χ0n) is 12.6. The van der Waals surface area contributed by atoms with Gasteiger partial charge in [0.2, 0.25) is 0 Å². The first-order valence-corrected chi connectivity index (χ1v) is 7.22. The van der Waals surface area contributed by atoms with Gasteiger partial charge in [-0.25, -0.2) is 0 Å². The number of hydrogen-bond donors (Lipinski definition) is 2. The number of nitrogens with one attached hydrogen (secondary N) is 1. The second kappa shape index (κ2) is 6.92. The summed E-state index contributed by atoms with van der Waals surface area (Å²) in [6, 6.07) is 9.78. The Balaban J connectivity index is 1.99. The van der Waals surface area contributed by atoms with E-state index in [2.05, 4.69) is 25.0 Å². The van der Waals surface area contributed by atoms with Crippen molar-refractivity contribution < 1.29 is 4.74 Å². The molecule has 0 saturated carbocycles. The fourth-order valence-corrected chi connectivity index (χ4v) is 2.16. The third kappa shape index (κ3) is 4.08. The van der Waals surface area contributed by atoms with Gasteiger partial charge in [0.1, 0.15) is 12.4 Å². The molecular formula is C16H22N4O. The molecule has 1 aromatic carbocycles. The molecule has 0 spiro atoms. The number of ether oxygens (including phenoxy) is 1. The molecule has 0 amide bonds. The van der Waals surface area contributed by atoms with E-state index in [0.29, 0.717) is 13.0 Å². The number of amidine groups is 1. The maximum atomic E-state index is 7.28. The average Bonchev–Trinajstić information content (AvgIpc) is 2.88. The molecule has 0 atom stereocenters. The van der Waals surface area contributed by atoms with Crippen molar-refractivity contribution in [2.75, 3.05) is 0 Å². The monoisotopic (exact) mass is 286 g/mol. The van der Waals surface area contributed by atoms with Crippen LogP contribution in [0.3, 0.4) is 0 Å². The Labute approximate surface area is 125 Å². The summed E-state index contributed by atoms with van der Waals surface area (Å²) in [6.07, 6.45) is 1.41. The van der Waals surface area contributed by atoms with Crippen LogP contribution in [0.1, 0.15) is 30.8 Å². The number of benzene rings is 1. The van der Waals surface area contributed by atoms with Crippen molar-refractivity contribution in [3.05, 3.63) is 47.3 Å². The summed E-state index contributed by atoms with van der Waals surface area (Å²) in [5.74, 6) is 0.979. The lowest BCUT2D eigenvalue weighted by Crippen LogP contribution is -2.12. The highest BCUT2D eigenvalue weighted by Gasteiger charge is 2.06. The van der Waals surface area contributed by atoms with E-state index in [0.717, 1.165) is 35.7 Å². The Morgan fingerprint density at radius 1 is 1.29 bits per heavy atom. The lowest BCUT2D eigenvalue weighted by molar-refractivity contribution is 0.292. The van der Waals surface area contributed by atoms with Gasteiger partial charge in [0.25, 0.3) is 0 Å². The summed E-state index contributed by atoms with van der Waals surface area (Å²) < 4.78 is 7.78. The van der Waals surface area contributed by atoms with Crippen LogP contribution < -0.4 is 10.5 Å². The van der Waals surface area contributed by atoms with E-state index in [4.69, 9.17) is 15.9 Å². The molecule has 0 radical (unpaired) electrons. The number of nitrogens with zero attached hydrogens (tertiary/aromatic N) is 2. The minimum Gasteiger partial charge on any atom is -0.487 e. The van der Waals surface area contributed by atoms with Crippen molar-refractivity contribution in [2.45, 2.75) is 39.8 Å². The second-order valence-electron chi connectivity index (χ2n) is 4.93. The summed E-state index contributed by atoms with van der Waals surface area (Å²) >= 11 is 0. The predicted molar refractivity (Wildman–Crippen MR) is 83.7 cm³/mol. The number of hydrogen-bond acceptors (Lipinski definition) is 3. The molecule has 0 fully saturated rings. The number of nitrogens with two attached hydrogens (primary N) is 1. The third-order valence-electron chi connectivity index (χ3n) is 3.28. The third-order valence-corrected chi connectivity index (χ3v) is 3.28. The molecule has 1 heterocycles. The minimum absolute atomic E-state index is 0.169. The fraction of sp³-hybridized carbons (Fsp3) is 0.375. The van der Waals surface area contributed by atoms with E-state index in [1.54, 1.807) is 0 Å². The van der Waals surface area contributed by atoms with E-state index in [-0.39, 0.29) is 5.84 Å². The maximum absolute atomic E-state index is 7.28. The molecule has 21 heavy (non-hydrogen) atoms. The van der Waals surface area contributed by atoms with Crippen LogP contribution >= 0.6 is 0 Å². The molecule has 2 rings (SSSR count). The summed E-state index contributed by atoms with van der Waals surface area (Å²) in [7, 11) is 0. The quantitative estimate of drug-likeness (QED) is 0.606. The first-order chi connectivity index (χ1) is 10.1. The molecule has 5 nitrogen and oxygen atoms in total. The van der Waals surface area contributed by atoms with E-state index in [9.17, 15) is 0 Å². The van der Waals surface area contributed by atoms with Gasteiger partial charge >= 0.3 is 0 Å². The molecular weight excluding hydrogens is 264 g/mol. The van der Waals surface area contributed by atoms with Crippen LogP contribution in [0.4, 0.5) is 0 Å². The second-order valence-corrected chi connectivity index (χ2v) is 4.93. The van der Waals surface area contributed by atoms with Gasteiger partial charge < -0.3 is 10.5 Å². The zero-order valence-corrected chi connectivity index (χ0v) is 12.6. The molecule has 5 heteroatoms. The van der Waals surface area contributed by atoms with Crippen LogP contribution in [0.25, 0.3) is 0 Å². The largest absolute Gasteiger partial charge is 0.487 e. The normalized spacial score (nSPS) is 10.6. The van der Waals surface area contributed by atoms with Crippen LogP contribution in [0.5, 0.6) is 5.75 Å². The molecule has 0 aliphatic carbocycles. The van der Waals surface area contributed by atoms with Crippen molar-refractivity contribution in [2.24, 2.45) is 5.73 Å². The van der Waals surface area contributed by atoms with E-state index in [1.165, 1.54) is 0 Å². The first kappa shape index (κ1) is 15.1. The Hall–Kier alpha value is -2.30. The van der Waals surface area contributed by atoms with Gasteiger partial charge in [0.05, 0.1) is 17.2 Å². The van der Waals surface area contributed by atoms with Gasteiger partial charge in [-0.3, -0.25) is 10.1 Å². The highest BCUT2D eigenvalue weighted by atomic mass is 16.5. The molecule has 112 valence electrons. The molecule has 3 N–H and O–H groups in total. The van der Waals surface area contributed by atoms with Gasteiger partial charge in [0.15, 0.2) is 0 Å². The van der Waals surface area contributed by atoms with Gasteiger partial charge in [-0.2, -0.15) is 5.10 Å². The molecule has 0 saturated heterocycles. The van der Waals surface area contributed by atoms with Gasteiger partial charge in [-0.05, 0) is 37.1 Å². The molecule has 2 aromatic rings. The van der Waals surface area contributed by atoms with Crippen LogP contribution in [0.15, 0.2) is 30.3 Å². The number of aromatic nitrogens is 2. The molecule has 0 unspecified atom stereocenters. The van der Waals surface area contributed by atoms with Crippen LogP contribution in [-0.2, 0) is 26.0 Å². The zero-order chi connectivity index (χ0) is 15.2. The van der Waals surface area contributed by atoms with Crippen LogP contribution in [0, 0.1) is 5.41 Å². The van der Waals surface area contributed by atoms with Crippen molar-refractivity contribution in [1.82, 2.24) is 9.78 Å². The summed E-state index contributed by atoms with van der Waals surface area (Å²) in [6.45, 7) is 5.52. The standard InChI is InChI=1S/C16H22N4O/c1-3-13-10-14(20(4-2)19-13)11-21-15-7-5-12(6-8-15)9-16(17)18/h5-8,10H,3-4,9,11H2,1-2H3,(H3,17,18). The Bertz CT molecular complexity index is 601. The van der Waals surface area contributed by atoms with Crippen LogP contribution in [-0.4, -0.2) is 15.6 Å². The smallest absolute Gasteiger partial charge is 0.130 e. The molecule has 0 aliphatic rings. The molecule has 1 aromatic heterocycles. The summed E-state index contributed by atoms with van der Waals surface area (Å²) in [5.41, 5.74) is 8.58. The summed E-state index contributed by atoms with van der Waals surface area (Å²) in [5, 5.41) is 11.8. The first-order valence-electron chi connectivity index (χ1n) is 7.22. The predicted octanol–water partition coefficient (Wildman–Crippen LogP) is 2.52. The Kier molecular flexibility index (Phi) is 4.98. The number of rotatable bonds is 7. The molecule has 0 aliphatic heterocycles. The highest BCUT2D eigenvalue weighted by Crippen LogP contribution is 2.15. The van der Waals surface area contributed by atoms with E-state index < -0.39 is 0 Å². The lowest BCUT2D eigenvalue weighted by atomic mass is 10.1. The van der Waals surface area contributed by atoms with Gasteiger partial charge in [0, 0.05) is 13.0 Å². The van der Waals surface area contributed by atoms with Crippen molar-refractivity contribution in [3.63, 3.8) is 0 Å². The van der Waals surface area contributed by atoms with Crippen LogP contribution in [0.2, 0.25) is 0 Å². The van der Waals surface area contributed by atoms with Crippen molar-refractivity contribution >= 4 is 5.84 Å². The Morgan fingerprint density at radius 3 is 2.57 bits per heavy atom. The SMILES string of the molecule is CCc1cc(COc2ccc(CC(=N)N)cc2)n(CC)n1.